The van der Waals surface area contributed by atoms with Gasteiger partial charge in [-0.3, -0.25) is 19.2 Å². The number of benzene rings is 2. The quantitative estimate of drug-likeness (QED) is 0.318. The number of allylic oxidation sites excluding steroid dienone is 2. The lowest BCUT2D eigenvalue weighted by Crippen LogP contribution is -2.52. The summed E-state index contributed by atoms with van der Waals surface area (Å²) in [5.41, 5.74) is 2.43. The maximum atomic E-state index is 13.8. The Morgan fingerprint density at radius 3 is 2.14 bits per heavy atom. The summed E-state index contributed by atoms with van der Waals surface area (Å²) in [4.78, 5) is 54.7. The molecule has 6 atom stereocenters. The molecule has 6 nitrogen and oxygen atoms in total. The minimum atomic E-state index is -0.695. The second-order valence-corrected chi connectivity index (χ2v) is 11.2. The summed E-state index contributed by atoms with van der Waals surface area (Å²) in [6.45, 7) is 3.37. The van der Waals surface area contributed by atoms with Gasteiger partial charge < -0.3 is 0 Å². The number of carbonyl (C=O) groups is 4. The number of ketones is 1. The van der Waals surface area contributed by atoms with Gasteiger partial charge in [0, 0.05) is 10.6 Å². The Labute approximate surface area is 218 Å². The van der Waals surface area contributed by atoms with Crippen LogP contribution in [0.15, 0.2) is 48.6 Å². The fourth-order valence-electron chi connectivity index (χ4n) is 6.36. The topological polar surface area (TPSA) is 74.8 Å². The first-order valence-electron chi connectivity index (χ1n) is 12.1. The van der Waals surface area contributed by atoms with Crippen molar-refractivity contribution in [3.05, 3.63) is 80.8 Å². The number of hydrogen-bond acceptors (Lipinski definition) is 4. The van der Waals surface area contributed by atoms with Crippen molar-refractivity contribution in [1.29, 1.82) is 0 Å². The average Bonchev–Trinajstić information content (AvgIpc) is 3.62. The van der Waals surface area contributed by atoms with E-state index in [0.29, 0.717) is 22.4 Å². The van der Waals surface area contributed by atoms with Crippen molar-refractivity contribution >= 4 is 46.7 Å². The number of carbonyl (C=O) groups excluding carboxylic acids is 4. The second kappa shape index (κ2) is 8.29. The number of hydrogen-bond donors (Lipinski definition) is 0. The summed E-state index contributed by atoms with van der Waals surface area (Å²) in [7, 11) is 0. The highest BCUT2D eigenvalue weighted by Gasteiger charge is 2.68. The van der Waals surface area contributed by atoms with E-state index < -0.39 is 36.1 Å². The molecule has 1 saturated heterocycles. The summed E-state index contributed by atoms with van der Waals surface area (Å²) in [5.74, 6) is -2.06. The van der Waals surface area contributed by atoms with Crippen LogP contribution in [0.5, 0.6) is 0 Å². The predicted octanol–water partition coefficient (Wildman–Crippen LogP) is 4.90. The van der Waals surface area contributed by atoms with Crippen LogP contribution in [0.3, 0.4) is 0 Å². The third-order valence-corrected chi connectivity index (χ3v) is 8.95. The smallest absolute Gasteiger partial charge is 0.274 e. The molecular formula is C28H24Cl2N2O4. The van der Waals surface area contributed by atoms with Crippen LogP contribution in [0.4, 0.5) is 0 Å². The summed E-state index contributed by atoms with van der Waals surface area (Å²) in [6, 6.07) is 9.65. The Hall–Kier alpha value is -2.96. The number of halogens is 2. The van der Waals surface area contributed by atoms with Crippen molar-refractivity contribution in [1.82, 2.24) is 10.0 Å². The Balaban J connectivity index is 1.38. The standard InChI is InChI=1S/C28H24Cl2N2O4/c1-13-3-4-15(9-14(13)2)23(33)12-31(26(34)19-6-5-16(29)10-22(19)30)32-27(35)24-17-7-8-18(21-11-20(17)21)25(24)28(32)36/h3-10,17-18,20-21,24-25H,11-12H2,1-2H3/t17-,18-,20-,21+,24-,25+/m0/s1. The van der Waals surface area contributed by atoms with Crippen molar-refractivity contribution in [2.24, 2.45) is 35.5 Å². The van der Waals surface area contributed by atoms with Crippen molar-refractivity contribution < 1.29 is 19.2 Å². The number of hydrazine groups is 1. The Bertz CT molecular complexity index is 1350. The van der Waals surface area contributed by atoms with Crippen LogP contribution in [0.25, 0.3) is 0 Å². The van der Waals surface area contributed by atoms with Crippen LogP contribution < -0.4 is 0 Å². The highest BCUT2D eigenvalue weighted by Crippen LogP contribution is 2.65. The van der Waals surface area contributed by atoms with Crippen molar-refractivity contribution in [3.63, 3.8) is 0 Å². The average molecular weight is 523 g/mol. The van der Waals surface area contributed by atoms with Crippen LogP contribution >= 0.6 is 23.2 Å². The van der Waals surface area contributed by atoms with E-state index in [-0.39, 0.29) is 28.2 Å². The van der Waals surface area contributed by atoms with Gasteiger partial charge in [-0.25, -0.2) is 5.01 Å². The van der Waals surface area contributed by atoms with E-state index in [1.165, 1.54) is 18.2 Å². The maximum Gasteiger partial charge on any atom is 0.274 e. The molecule has 1 aliphatic heterocycles. The van der Waals surface area contributed by atoms with E-state index in [9.17, 15) is 19.2 Å². The SMILES string of the molecule is Cc1ccc(C(=O)CN(C(=O)c2ccc(Cl)cc2Cl)N2C(=O)[C@@H]3[C@H]4C=C[C@@H]([C@@H]5C[C@H]45)[C@@H]3C2=O)cc1C. The first kappa shape index (κ1) is 23.4. The zero-order chi connectivity index (χ0) is 25.5. The fourth-order valence-corrected chi connectivity index (χ4v) is 6.85. The zero-order valence-corrected chi connectivity index (χ0v) is 21.3. The normalized spacial score (nSPS) is 29.3. The van der Waals surface area contributed by atoms with Gasteiger partial charge in [-0.15, -0.1) is 0 Å². The van der Waals surface area contributed by atoms with Crippen LogP contribution in [0.2, 0.25) is 10.0 Å². The molecule has 0 spiro atoms. The zero-order valence-electron chi connectivity index (χ0n) is 19.8. The maximum absolute atomic E-state index is 13.8. The fraction of sp³-hybridized carbons (Fsp3) is 0.357. The summed E-state index contributed by atoms with van der Waals surface area (Å²) < 4.78 is 0. The number of amides is 3. The Morgan fingerprint density at radius 1 is 0.917 bits per heavy atom. The van der Waals surface area contributed by atoms with Gasteiger partial charge in [-0.1, -0.05) is 47.5 Å². The van der Waals surface area contributed by atoms with E-state index in [4.69, 9.17) is 23.2 Å². The first-order valence-corrected chi connectivity index (χ1v) is 12.9. The molecule has 2 aromatic rings. The number of rotatable bonds is 5. The molecule has 0 N–H and O–H groups in total. The Kier molecular flexibility index (Phi) is 5.39. The summed E-state index contributed by atoms with van der Waals surface area (Å²) in [5, 5.41) is 2.34. The molecule has 3 amide bonds. The summed E-state index contributed by atoms with van der Waals surface area (Å²) >= 11 is 12.3. The minimum Gasteiger partial charge on any atom is -0.292 e. The Morgan fingerprint density at radius 2 is 1.56 bits per heavy atom. The monoisotopic (exact) mass is 522 g/mol. The van der Waals surface area contributed by atoms with E-state index in [2.05, 4.69) is 12.2 Å². The van der Waals surface area contributed by atoms with Crippen molar-refractivity contribution in [3.8, 4) is 0 Å². The lowest BCUT2D eigenvalue weighted by atomic mass is 9.63. The van der Waals surface area contributed by atoms with Crippen LogP contribution in [-0.4, -0.2) is 40.1 Å². The van der Waals surface area contributed by atoms with E-state index in [1.807, 2.05) is 19.9 Å². The first-order chi connectivity index (χ1) is 17.2. The molecule has 1 heterocycles. The van der Waals surface area contributed by atoms with Crippen molar-refractivity contribution in [2.45, 2.75) is 20.3 Å². The lowest BCUT2D eigenvalue weighted by Gasteiger charge is -2.37. The van der Waals surface area contributed by atoms with Gasteiger partial charge in [0.1, 0.15) is 6.54 Å². The van der Waals surface area contributed by atoms with Crippen LogP contribution in [-0.2, 0) is 9.59 Å². The molecule has 0 aromatic heterocycles. The number of aryl methyl sites for hydroxylation is 2. The molecule has 0 unspecified atom stereocenters. The highest BCUT2D eigenvalue weighted by atomic mass is 35.5. The molecule has 7 rings (SSSR count). The molecular weight excluding hydrogens is 499 g/mol. The van der Waals surface area contributed by atoms with Crippen molar-refractivity contribution in [2.75, 3.05) is 6.54 Å². The molecule has 184 valence electrons. The molecule has 2 saturated carbocycles. The van der Waals surface area contributed by atoms with E-state index in [0.717, 1.165) is 27.6 Å². The molecule has 5 aliphatic rings. The van der Waals surface area contributed by atoms with Gasteiger partial charge in [-0.2, -0.15) is 5.01 Å². The van der Waals surface area contributed by atoms with Gasteiger partial charge in [0.15, 0.2) is 5.78 Å². The predicted molar refractivity (Wildman–Crippen MR) is 134 cm³/mol. The van der Waals surface area contributed by atoms with Gasteiger partial charge in [0.25, 0.3) is 17.7 Å². The minimum absolute atomic E-state index is 0.00188. The summed E-state index contributed by atoms with van der Waals surface area (Å²) in [6.07, 6.45) is 5.17. The third-order valence-electron chi connectivity index (χ3n) is 8.40. The molecule has 36 heavy (non-hydrogen) atoms. The van der Waals surface area contributed by atoms with E-state index >= 15 is 0 Å². The van der Waals surface area contributed by atoms with Gasteiger partial charge in [-0.05, 0) is 79.3 Å². The van der Waals surface area contributed by atoms with Crippen LogP contribution in [0, 0.1) is 49.4 Å². The van der Waals surface area contributed by atoms with Gasteiger partial charge >= 0.3 is 0 Å². The highest BCUT2D eigenvalue weighted by molar-refractivity contribution is 6.36. The van der Waals surface area contributed by atoms with Gasteiger partial charge in [0.2, 0.25) is 0 Å². The number of nitrogens with zero attached hydrogens (tertiary/aromatic N) is 2. The van der Waals surface area contributed by atoms with E-state index in [1.54, 1.807) is 12.1 Å². The lowest BCUT2D eigenvalue weighted by molar-refractivity contribution is -0.154. The molecule has 2 bridgehead atoms. The van der Waals surface area contributed by atoms with Gasteiger partial charge in [0.05, 0.1) is 22.4 Å². The molecule has 8 heteroatoms. The number of imide groups is 1. The van der Waals surface area contributed by atoms with Crippen LogP contribution in [0.1, 0.15) is 38.3 Å². The molecule has 2 aromatic carbocycles. The second-order valence-electron chi connectivity index (χ2n) is 10.4. The molecule has 0 radical (unpaired) electrons. The largest absolute Gasteiger partial charge is 0.292 e. The third kappa shape index (κ3) is 3.46. The number of Topliss-reactive ketones (excluding diaryl/α,β-unsaturated/α-hetero) is 1. The molecule has 3 fully saturated rings. The molecule has 4 aliphatic carbocycles.